The molecule has 0 aromatic rings. The zero-order valence-electron chi connectivity index (χ0n) is 8.54. The van der Waals surface area contributed by atoms with Gasteiger partial charge in [-0.1, -0.05) is 13.0 Å². The number of carboxylic acids is 1. The smallest absolute Gasteiger partial charge is 0.550 e. The van der Waals surface area contributed by atoms with Crippen LogP contribution in [-0.2, 0) is 9.59 Å². The van der Waals surface area contributed by atoms with E-state index in [9.17, 15) is 14.7 Å². The monoisotopic (exact) mass is 191 g/mol. The van der Waals surface area contributed by atoms with E-state index in [-0.39, 0.29) is 31.2 Å². The van der Waals surface area contributed by atoms with Crippen LogP contribution in [0.25, 0.3) is 0 Å². The van der Waals surface area contributed by atoms with Gasteiger partial charge in [0, 0.05) is 12.5 Å². The molecule has 0 fully saturated rings. The second-order valence-electron chi connectivity index (χ2n) is 2.68. The van der Waals surface area contributed by atoms with Crippen molar-refractivity contribution in [2.24, 2.45) is 0 Å². The molecule has 0 aliphatic heterocycles. The molecule has 0 rings (SSSR count). The van der Waals surface area contributed by atoms with Crippen molar-refractivity contribution in [2.75, 3.05) is 6.54 Å². The van der Waals surface area contributed by atoms with Crippen molar-refractivity contribution >= 4 is 11.9 Å². The van der Waals surface area contributed by atoms with Crippen LogP contribution < -0.4 is 29.3 Å². The minimum Gasteiger partial charge on any atom is -0.550 e. The zero-order valence-corrected chi connectivity index (χ0v) is 8.54. The van der Waals surface area contributed by atoms with Gasteiger partial charge in [-0.2, -0.15) is 0 Å². The van der Waals surface area contributed by atoms with Crippen LogP contribution in [0.3, 0.4) is 0 Å². The topological polar surface area (TPSA) is 69.2 Å². The Morgan fingerprint density at radius 1 is 1.29 bits per heavy atom. The first-order chi connectivity index (χ1) is 6.16. The summed E-state index contributed by atoms with van der Waals surface area (Å²) in [6, 6.07) is 0. The summed E-state index contributed by atoms with van der Waals surface area (Å²) in [7, 11) is 0. The van der Waals surface area contributed by atoms with Crippen molar-refractivity contribution in [2.45, 2.75) is 25.7 Å². The Bertz CT molecular complexity index is 194. The van der Waals surface area contributed by atoms with E-state index in [0.29, 0.717) is 13.0 Å². The van der Waals surface area contributed by atoms with E-state index in [2.05, 4.69) is 11.9 Å². The number of hydrogen-bond acceptors (Lipinski definition) is 3. The van der Waals surface area contributed by atoms with Crippen LogP contribution in [0.15, 0.2) is 12.7 Å². The molecule has 0 heterocycles. The van der Waals surface area contributed by atoms with Crippen molar-refractivity contribution in [3.05, 3.63) is 12.7 Å². The SMILES string of the molecule is C=CC(=O)NCCCCCC(=O)[O-].[Li+]. The summed E-state index contributed by atoms with van der Waals surface area (Å²) in [4.78, 5) is 20.6. The molecular weight excluding hydrogens is 177 g/mol. The molecule has 0 atom stereocenters. The molecule has 14 heavy (non-hydrogen) atoms. The average molecular weight is 191 g/mol. The quantitative estimate of drug-likeness (QED) is 0.259. The van der Waals surface area contributed by atoms with Crippen molar-refractivity contribution in [1.82, 2.24) is 5.32 Å². The van der Waals surface area contributed by atoms with Gasteiger partial charge in [0.05, 0.1) is 0 Å². The first kappa shape index (κ1) is 15.7. The predicted octanol–water partition coefficient (Wildman–Crippen LogP) is -3.40. The van der Waals surface area contributed by atoms with Gasteiger partial charge in [-0.3, -0.25) is 4.79 Å². The average Bonchev–Trinajstić information content (AvgIpc) is 2.10. The minimum absolute atomic E-state index is 0. The Morgan fingerprint density at radius 3 is 2.43 bits per heavy atom. The first-order valence-electron chi connectivity index (χ1n) is 4.27. The zero-order chi connectivity index (χ0) is 10.1. The standard InChI is InChI=1S/C9H15NO3.Li/c1-2-8(11)10-7-5-3-4-6-9(12)13;/h2H,1,3-7H2,(H,10,11)(H,12,13);/q;+1/p-1. The fourth-order valence-electron chi connectivity index (χ4n) is 0.855. The van der Waals surface area contributed by atoms with Gasteiger partial charge in [0.1, 0.15) is 0 Å². The van der Waals surface area contributed by atoms with Gasteiger partial charge in [0.2, 0.25) is 5.91 Å². The Labute approximate surface area is 95.9 Å². The van der Waals surface area contributed by atoms with Crippen LogP contribution in [0.2, 0.25) is 0 Å². The van der Waals surface area contributed by atoms with E-state index in [0.717, 1.165) is 12.8 Å². The van der Waals surface area contributed by atoms with Crippen LogP contribution >= 0.6 is 0 Å². The Hall–Kier alpha value is -0.723. The first-order valence-corrected chi connectivity index (χ1v) is 4.27. The Balaban J connectivity index is 0. The van der Waals surface area contributed by atoms with Crippen LogP contribution in [0.1, 0.15) is 25.7 Å². The summed E-state index contributed by atoms with van der Waals surface area (Å²) in [5.41, 5.74) is 0. The van der Waals surface area contributed by atoms with Crippen molar-refractivity contribution < 1.29 is 33.6 Å². The number of aliphatic carboxylic acids is 1. The molecule has 0 aromatic carbocycles. The number of carbonyl (C=O) groups excluding carboxylic acids is 2. The maximum atomic E-state index is 10.6. The number of rotatable bonds is 7. The molecule has 0 aromatic heterocycles. The number of hydrogen-bond donors (Lipinski definition) is 1. The van der Waals surface area contributed by atoms with Crippen molar-refractivity contribution in [3.8, 4) is 0 Å². The molecule has 0 aliphatic carbocycles. The summed E-state index contributed by atoms with van der Waals surface area (Å²) < 4.78 is 0. The van der Waals surface area contributed by atoms with Crippen molar-refractivity contribution in [1.29, 1.82) is 0 Å². The molecule has 0 saturated carbocycles. The molecule has 0 radical (unpaired) electrons. The van der Waals surface area contributed by atoms with Gasteiger partial charge in [-0.15, -0.1) is 0 Å². The Kier molecular flexibility index (Phi) is 11.6. The number of amides is 1. The van der Waals surface area contributed by atoms with Gasteiger partial charge in [-0.05, 0) is 25.3 Å². The third-order valence-corrected chi connectivity index (χ3v) is 1.54. The fraction of sp³-hybridized carbons (Fsp3) is 0.556. The normalized spacial score (nSPS) is 8.57. The van der Waals surface area contributed by atoms with Crippen LogP contribution in [0.4, 0.5) is 0 Å². The van der Waals surface area contributed by atoms with E-state index in [1.807, 2.05) is 0 Å². The van der Waals surface area contributed by atoms with Crippen LogP contribution in [0, 0.1) is 0 Å². The van der Waals surface area contributed by atoms with Crippen LogP contribution in [0.5, 0.6) is 0 Å². The molecule has 1 amide bonds. The van der Waals surface area contributed by atoms with Gasteiger partial charge >= 0.3 is 18.9 Å². The summed E-state index contributed by atoms with van der Waals surface area (Å²) >= 11 is 0. The van der Waals surface area contributed by atoms with E-state index in [4.69, 9.17) is 0 Å². The largest absolute Gasteiger partial charge is 1.00 e. The van der Waals surface area contributed by atoms with Crippen LogP contribution in [-0.4, -0.2) is 18.4 Å². The third kappa shape index (κ3) is 11.3. The maximum Gasteiger partial charge on any atom is 1.00 e. The van der Waals surface area contributed by atoms with Crippen molar-refractivity contribution in [3.63, 3.8) is 0 Å². The maximum absolute atomic E-state index is 10.6. The summed E-state index contributed by atoms with van der Waals surface area (Å²) in [6.45, 7) is 3.87. The Morgan fingerprint density at radius 2 is 1.93 bits per heavy atom. The fourth-order valence-corrected chi connectivity index (χ4v) is 0.855. The molecule has 0 spiro atoms. The van der Waals surface area contributed by atoms with Gasteiger partial charge in [0.25, 0.3) is 0 Å². The molecule has 0 aliphatic rings. The molecule has 4 nitrogen and oxygen atoms in total. The second kappa shape index (κ2) is 10.4. The van der Waals surface area contributed by atoms with Gasteiger partial charge < -0.3 is 15.2 Å². The molecule has 74 valence electrons. The van der Waals surface area contributed by atoms with Gasteiger partial charge in [-0.25, -0.2) is 0 Å². The van der Waals surface area contributed by atoms with Gasteiger partial charge in [0.15, 0.2) is 0 Å². The van der Waals surface area contributed by atoms with E-state index < -0.39 is 5.97 Å². The minimum atomic E-state index is -1.02. The molecule has 1 N–H and O–H groups in total. The molecule has 0 unspecified atom stereocenters. The number of nitrogens with one attached hydrogen (secondary N) is 1. The predicted molar refractivity (Wildman–Crippen MR) is 46.7 cm³/mol. The van der Waals surface area contributed by atoms with E-state index in [1.54, 1.807) is 0 Å². The number of carboxylic acid groups (broad SMARTS) is 1. The molecular formula is C9H14LiNO3. The van der Waals surface area contributed by atoms with E-state index >= 15 is 0 Å². The molecule has 5 heteroatoms. The van der Waals surface area contributed by atoms with E-state index in [1.165, 1.54) is 6.08 Å². The third-order valence-electron chi connectivity index (χ3n) is 1.54. The molecule has 0 bridgehead atoms. The second-order valence-corrected chi connectivity index (χ2v) is 2.68. The summed E-state index contributed by atoms with van der Waals surface area (Å²) in [6.07, 6.45) is 3.47. The summed E-state index contributed by atoms with van der Waals surface area (Å²) in [5, 5.41) is 12.6. The summed E-state index contributed by atoms with van der Waals surface area (Å²) in [5.74, 6) is -1.21. The number of carbonyl (C=O) groups is 2. The number of unbranched alkanes of at least 4 members (excludes halogenated alkanes) is 2. The molecule has 0 saturated heterocycles.